The third-order valence-corrected chi connectivity index (χ3v) is 4.14. The number of hydrogen-bond donors (Lipinski definition) is 2. The molecule has 5 heteroatoms. The predicted molar refractivity (Wildman–Crippen MR) is 86.1 cm³/mol. The summed E-state index contributed by atoms with van der Waals surface area (Å²) in [6.45, 7) is 5.41. The summed E-state index contributed by atoms with van der Waals surface area (Å²) in [4.78, 5) is 2.90. The van der Waals surface area contributed by atoms with Gasteiger partial charge in [0.2, 0.25) is 0 Å². The van der Waals surface area contributed by atoms with Gasteiger partial charge >= 0.3 is 0 Å². The van der Waals surface area contributed by atoms with E-state index in [4.69, 9.17) is 29.6 Å². The lowest BCUT2D eigenvalue weighted by molar-refractivity contribution is 0.277. The van der Waals surface area contributed by atoms with Crippen LogP contribution in [0.1, 0.15) is 25.3 Å². The summed E-state index contributed by atoms with van der Waals surface area (Å²) in [6.07, 6.45) is 2.52. The fourth-order valence-corrected chi connectivity index (χ4v) is 3.00. The molecule has 0 amide bonds. The number of nitrogens with two attached hydrogens (primary N) is 1. The van der Waals surface area contributed by atoms with E-state index < -0.39 is 0 Å². The molecule has 0 saturated carbocycles. The Bertz CT molecular complexity index is 464. The molecule has 1 aliphatic rings. The number of anilines is 1. The molecule has 1 aliphatic heterocycles. The first-order chi connectivity index (χ1) is 9.11. The Balaban J connectivity index is 2.06. The topological polar surface area (TPSA) is 41.3 Å². The minimum absolute atomic E-state index is 0.401. The summed E-state index contributed by atoms with van der Waals surface area (Å²) in [6, 6.07) is 6.17. The Morgan fingerprint density at radius 3 is 3.05 bits per heavy atom. The highest BCUT2D eigenvalue weighted by atomic mass is 35.5. The molecule has 3 N–H and O–H groups in total. The van der Waals surface area contributed by atoms with Gasteiger partial charge in [-0.2, -0.15) is 0 Å². The molecular formula is C14H20ClN3S. The van der Waals surface area contributed by atoms with Gasteiger partial charge in [0, 0.05) is 28.9 Å². The van der Waals surface area contributed by atoms with E-state index in [-0.39, 0.29) is 0 Å². The lowest BCUT2D eigenvalue weighted by atomic mass is 10.1. The van der Waals surface area contributed by atoms with Crippen molar-refractivity contribution in [2.24, 2.45) is 5.73 Å². The smallest absolute Gasteiger partial charge is 0.106 e. The third-order valence-electron chi connectivity index (χ3n) is 3.68. The summed E-state index contributed by atoms with van der Waals surface area (Å²) in [5.74, 6) is 0. The number of nitrogens with zero attached hydrogens (tertiary/aromatic N) is 1. The van der Waals surface area contributed by atoms with Gasteiger partial charge in [0.05, 0.1) is 0 Å². The van der Waals surface area contributed by atoms with Crippen molar-refractivity contribution in [2.45, 2.75) is 25.8 Å². The van der Waals surface area contributed by atoms with Crippen LogP contribution in [0.2, 0.25) is 5.02 Å². The zero-order chi connectivity index (χ0) is 13.8. The first-order valence-electron chi connectivity index (χ1n) is 6.69. The van der Waals surface area contributed by atoms with Gasteiger partial charge in [0.15, 0.2) is 0 Å². The predicted octanol–water partition coefficient (Wildman–Crippen LogP) is 2.87. The van der Waals surface area contributed by atoms with Crippen LogP contribution in [0.3, 0.4) is 0 Å². The van der Waals surface area contributed by atoms with Crippen LogP contribution >= 0.6 is 23.8 Å². The van der Waals surface area contributed by atoms with Crippen molar-refractivity contribution >= 4 is 34.5 Å². The van der Waals surface area contributed by atoms with E-state index in [0.29, 0.717) is 16.1 Å². The quantitative estimate of drug-likeness (QED) is 0.820. The first kappa shape index (κ1) is 14.6. The molecule has 0 radical (unpaired) electrons. The van der Waals surface area contributed by atoms with Gasteiger partial charge in [0.1, 0.15) is 4.99 Å². The van der Waals surface area contributed by atoms with Crippen LogP contribution in [0.25, 0.3) is 0 Å². The van der Waals surface area contributed by atoms with Gasteiger partial charge in [-0.1, -0.05) is 30.7 Å². The molecule has 1 heterocycles. The second-order valence-corrected chi connectivity index (χ2v) is 5.74. The number of benzene rings is 1. The van der Waals surface area contributed by atoms with Gasteiger partial charge < -0.3 is 11.1 Å². The average molecular weight is 298 g/mol. The third kappa shape index (κ3) is 3.59. The van der Waals surface area contributed by atoms with Crippen LogP contribution < -0.4 is 11.1 Å². The van der Waals surface area contributed by atoms with Crippen molar-refractivity contribution in [3.05, 3.63) is 28.8 Å². The second kappa shape index (κ2) is 6.55. The molecule has 0 aromatic heterocycles. The summed E-state index contributed by atoms with van der Waals surface area (Å²) in [7, 11) is 0. The van der Waals surface area contributed by atoms with E-state index in [9.17, 15) is 0 Å². The van der Waals surface area contributed by atoms with E-state index in [1.165, 1.54) is 19.4 Å². The number of hydrogen-bond acceptors (Lipinski definition) is 3. The molecule has 1 unspecified atom stereocenters. The number of likely N-dealkylation sites (N-methyl/N-ethyl adjacent to an activating group) is 1. The second-order valence-electron chi connectivity index (χ2n) is 4.86. The molecule has 1 saturated heterocycles. The molecule has 104 valence electrons. The fraction of sp³-hybridized carbons (Fsp3) is 0.500. The zero-order valence-corrected chi connectivity index (χ0v) is 12.7. The van der Waals surface area contributed by atoms with Crippen LogP contribution in [-0.2, 0) is 0 Å². The SMILES string of the molecule is CCN1CCCC1CNc1cc(Cl)ccc1C(N)=S. The largest absolute Gasteiger partial charge is 0.389 e. The van der Waals surface area contributed by atoms with Gasteiger partial charge in [0.25, 0.3) is 0 Å². The molecule has 2 rings (SSSR count). The monoisotopic (exact) mass is 297 g/mol. The Kier molecular flexibility index (Phi) is 5.02. The molecule has 3 nitrogen and oxygen atoms in total. The Morgan fingerprint density at radius 1 is 1.58 bits per heavy atom. The maximum absolute atomic E-state index is 6.04. The highest BCUT2D eigenvalue weighted by Gasteiger charge is 2.22. The van der Waals surface area contributed by atoms with Crippen molar-refractivity contribution in [1.82, 2.24) is 4.90 Å². The van der Waals surface area contributed by atoms with Gasteiger partial charge in [-0.05, 0) is 44.1 Å². The molecule has 0 bridgehead atoms. The summed E-state index contributed by atoms with van der Waals surface area (Å²) in [5.41, 5.74) is 7.53. The number of thiocarbonyl (C=S) groups is 1. The fourth-order valence-electron chi connectivity index (χ4n) is 2.65. The highest BCUT2D eigenvalue weighted by Crippen LogP contribution is 2.23. The van der Waals surface area contributed by atoms with Crippen LogP contribution in [-0.4, -0.2) is 35.6 Å². The van der Waals surface area contributed by atoms with E-state index in [2.05, 4.69) is 17.1 Å². The van der Waals surface area contributed by atoms with E-state index >= 15 is 0 Å². The first-order valence-corrected chi connectivity index (χ1v) is 7.47. The minimum atomic E-state index is 0.401. The van der Waals surface area contributed by atoms with Gasteiger partial charge in [-0.3, -0.25) is 4.90 Å². The Labute approximate surface area is 125 Å². The lowest BCUT2D eigenvalue weighted by Gasteiger charge is -2.24. The number of likely N-dealkylation sites (tertiary alicyclic amines) is 1. The Morgan fingerprint density at radius 2 is 2.37 bits per heavy atom. The molecule has 19 heavy (non-hydrogen) atoms. The van der Waals surface area contributed by atoms with Gasteiger partial charge in [-0.25, -0.2) is 0 Å². The highest BCUT2D eigenvalue weighted by molar-refractivity contribution is 7.80. The average Bonchev–Trinajstić information content (AvgIpc) is 2.83. The Hall–Kier alpha value is -0.840. The van der Waals surface area contributed by atoms with Crippen LogP contribution in [0.15, 0.2) is 18.2 Å². The van der Waals surface area contributed by atoms with E-state index in [1.54, 1.807) is 0 Å². The minimum Gasteiger partial charge on any atom is -0.389 e. The molecule has 1 fully saturated rings. The van der Waals surface area contributed by atoms with E-state index in [0.717, 1.165) is 24.3 Å². The maximum Gasteiger partial charge on any atom is 0.106 e. The summed E-state index contributed by atoms with van der Waals surface area (Å²) < 4.78 is 0. The summed E-state index contributed by atoms with van der Waals surface area (Å²) in [5, 5.41) is 4.14. The van der Waals surface area contributed by atoms with Crippen LogP contribution in [0.4, 0.5) is 5.69 Å². The standard InChI is InChI=1S/C14H20ClN3S/c1-2-18-7-3-4-11(18)9-17-13-8-10(15)5-6-12(13)14(16)19/h5-6,8,11,17H,2-4,7,9H2,1H3,(H2,16,19). The molecule has 1 aromatic carbocycles. The number of halogens is 1. The van der Waals surface area contributed by atoms with Crippen molar-refractivity contribution in [3.8, 4) is 0 Å². The van der Waals surface area contributed by atoms with Crippen LogP contribution in [0.5, 0.6) is 0 Å². The normalized spacial score (nSPS) is 19.6. The molecule has 1 atom stereocenters. The molecular weight excluding hydrogens is 278 g/mol. The maximum atomic E-state index is 6.04. The lowest BCUT2D eigenvalue weighted by Crippen LogP contribution is -2.35. The molecule has 0 aliphatic carbocycles. The van der Waals surface area contributed by atoms with Crippen molar-refractivity contribution in [3.63, 3.8) is 0 Å². The van der Waals surface area contributed by atoms with Gasteiger partial charge in [-0.15, -0.1) is 0 Å². The number of nitrogens with one attached hydrogen (secondary N) is 1. The van der Waals surface area contributed by atoms with Crippen molar-refractivity contribution in [1.29, 1.82) is 0 Å². The van der Waals surface area contributed by atoms with Crippen molar-refractivity contribution in [2.75, 3.05) is 25.0 Å². The number of rotatable bonds is 5. The summed E-state index contributed by atoms with van der Waals surface area (Å²) >= 11 is 11.1. The zero-order valence-electron chi connectivity index (χ0n) is 11.2. The van der Waals surface area contributed by atoms with Crippen LogP contribution in [0, 0.1) is 0 Å². The molecule has 0 spiro atoms. The van der Waals surface area contributed by atoms with E-state index in [1.807, 2.05) is 18.2 Å². The van der Waals surface area contributed by atoms with Crippen molar-refractivity contribution < 1.29 is 0 Å². The molecule has 1 aromatic rings.